The third-order valence-electron chi connectivity index (χ3n) is 1.44. The van der Waals surface area contributed by atoms with E-state index in [4.69, 9.17) is 11.6 Å². The zero-order chi connectivity index (χ0) is 11.5. The highest BCUT2D eigenvalue weighted by Gasteiger charge is 2.34. The van der Waals surface area contributed by atoms with Crippen LogP contribution in [0.25, 0.3) is 0 Å². The number of aromatic nitrogens is 1. The molecule has 0 unspecified atom stereocenters. The van der Waals surface area contributed by atoms with Crippen molar-refractivity contribution in [2.24, 2.45) is 0 Å². The Balaban J connectivity index is 3.04. The third-order valence-corrected chi connectivity index (χ3v) is 3.29. The predicted molar refractivity (Wildman–Crippen MR) is 58.4 cm³/mol. The molecule has 0 saturated carbocycles. The van der Waals surface area contributed by atoms with E-state index in [1.807, 2.05) is 0 Å². The Morgan fingerprint density at radius 2 is 2.13 bits per heavy atom. The number of halogens is 5. The molecule has 1 aromatic heterocycles. The van der Waals surface area contributed by atoms with Crippen LogP contribution in [0.5, 0.6) is 0 Å². The molecule has 0 aliphatic carbocycles. The van der Waals surface area contributed by atoms with Gasteiger partial charge in [0.05, 0.1) is 5.56 Å². The van der Waals surface area contributed by atoms with Crippen LogP contribution in [0.2, 0.25) is 0 Å². The maximum absolute atomic E-state index is 12.5. The van der Waals surface area contributed by atoms with E-state index in [1.165, 1.54) is 6.20 Å². The maximum Gasteiger partial charge on any atom is 0.419 e. The van der Waals surface area contributed by atoms with Crippen LogP contribution in [0.15, 0.2) is 21.8 Å². The summed E-state index contributed by atoms with van der Waals surface area (Å²) in [6.07, 6.45) is -3.04. The van der Waals surface area contributed by atoms with Gasteiger partial charge in [-0.25, -0.2) is 4.98 Å². The van der Waals surface area contributed by atoms with E-state index in [0.717, 1.165) is 17.8 Å². The van der Waals surface area contributed by atoms with Crippen LogP contribution in [0.1, 0.15) is 5.56 Å². The Kier molecular flexibility index (Phi) is 4.73. The van der Waals surface area contributed by atoms with Crippen LogP contribution in [-0.2, 0) is 6.18 Å². The predicted octanol–water partition coefficient (Wildman–Crippen LogP) is 4.19. The van der Waals surface area contributed by atoms with Gasteiger partial charge in [0, 0.05) is 22.3 Å². The first-order valence-electron chi connectivity index (χ1n) is 3.86. The molecule has 0 aliphatic heterocycles. The molecule has 0 radical (unpaired) electrons. The Bertz CT molecular complexity index is 345. The molecule has 84 valence electrons. The van der Waals surface area contributed by atoms with Crippen LogP contribution < -0.4 is 0 Å². The average Bonchev–Trinajstić information content (AvgIpc) is 2.14. The molecule has 7 heteroatoms. The summed E-state index contributed by atoms with van der Waals surface area (Å²) >= 11 is 9.37. The first kappa shape index (κ1) is 13.1. The van der Waals surface area contributed by atoms with Gasteiger partial charge in [-0.15, -0.1) is 23.4 Å². The lowest BCUT2D eigenvalue weighted by Gasteiger charge is -2.11. The summed E-state index contributed by atoms with van der Waals surface area (Å²) in [7, 11) is 0. The summed E-state index contributed by atoms with van der Waals surface area (Å²) in [6, 6.07) is 1.02. The second kappa shape index (κ2) is 5.41. The molecule has 0 bridgehead atoms. The number of rotatable bonds is 3. The van der Waals surface area contributed by atoms with Crippen LogP contribution in [-0.4, -0.2) is 16.6 Å². The SMILES string of the molecule is FC(F)(F)c1cc(Br)cnc1SCCCl. The summed E-state index contributed by atoms with van der Waals surface area (Å²) in [6.45, 7) is 0. The lowest BCUT2D eigenvalue weighted by molar-refractivity contribution is -0.140. The molecule has 1 aromatic rings. The number of hydrogen-bond donors (Lipinski definition) is 0. The minimum atomic E-state index is -4.38. The molecule has 0 aromatic carbocycles. The number of pyridine rings is 1. The van der Waals surface area contributed by atoms with E-state index in [1.54, 1.807) is 0 Å². The largest absolute Gasteiger partial charge is 0.419 e. The van der Waals surface area contributed by atoms with E-state index in [2.05, 4.69) is 20.9 Å². The van der Waals surface area contributed by atoms with Gasteiger partial charge < -0.3 is 0 Å². The number of thioether (sulfide) groups is 1. The third kappa shape index (κ3) is 3.85. The topological polar surface area (TPSA) is 12.9 Å². The Labute approximate surface area is 103 Å². The van der Waals surface area contributed by atoms with Gasteiger partial charge >= 0.3 is 6.18 Å². The zero-order valence-corrected chi connectivity index (χ0v) is 10.5. The van der Waals surface area contributed by atoms with Crippen molar-refractivity contribution in [2.45, 2.75) is 11.2 Å². The van der Waals surface area contributed by atoms with Crippen molar-refractivity contribution < 1.29 is 13.2 Å². The van der Waals surface area contributed by atoms with Gasteiger partial charge in [-0.1, -0.05) is 0 Å². The fourth-order valence-electron chi connectivity index (χ4n) is 0.880. The molecular weight excluding hydrogens is 315 g/mol. The molecule has 0 saturated heterocycles. The summed E-state index contributed by atoms with van der Waals surface area (Å²) < 4.78 is 38.0. The second-order valence-corrected chi connectivity index (χ2v) is 4.92. The Morgan fingerprint density at radius 3 is 2.67 bits per heavy atom. The van der Waals surface area contributed by atoms with Crippen LogP contribution in [0, 0.1) is 0 Å². The minimum Gasteiger partial charge on any atom is -0.248 e. The normalized spacial score (nSPS) is 11.8. The van der Waals surface area contributed by atoms with Gasteiger partial charge in [-0.2, -0.15) is 13.2 Å². The second-order valence-electron chi connectivity index (χ2n) is 2.54. The zero-order valence-electron chi connectivity index (χ0n) is 7.31. The van der Waals surface area contributed by atoms with E-state index >= 15 is 0 Å². The fourth-order valence-corrected chi connectivity index (χ4v) is 2.17. The first-order chi connectivity index (χ1) is 6.95. The number of hydrogen-bond acceptors (Lipinski definition) is 2. The Hall–Kier alpha value is 0.0600. The summed E-state index contributed by atoms with van der Waals surface area (Å²) in [5.74, 6) is 0.693. The van der Waals surface area contributed by atoms with Crippen LogP contribution in [0.4, 0.5) is 13.2 Å². The fraction of sp³-hybridized carbons (Fsp3) is 0.375. The monoisotopic (exact) mass is 319 g/mol. The van der Waals surface area contributed by atoms with Crippen molar-refractivity contribution >= 4 is 39.3 Å². The van der Waals surface area contributed by atoms with Gasteiger partial charge in [0.2, 0.25) is 0 Å². The van der Waals surface area contributed by atoms with Gasteiger partial charge in [0.25, 0.3) is 0 Å². The van der Waals surface area contributed by atoms with Crippen molar-refractivity contribution in [2.75, 3.05) is 11.6 Å². The van der Waals surface area contributed by atoms with Crippen molar-refractivity contribution in [1.82, 2.24) is 4.98 Å². The maximum atomic E-state index is 12.5. The van der Waals surface area contributed by atoms with Crippen molar-refractivity contribution in [3.63, 3.8) is 0 Å². The van der Waals surface area contributed by atoms with E-state index in [-0.39, 0.29) is 5.03 Å². The number of nitrogens with zero attached hydrogens (tertiary/aromatic N) is 1. The van der Waals surface area contributed by atoms with E-state index in [9.17, 15) is 13.2 Å². The van der Waals surface area contributed by atoms with Crippen LogP contribution >= 0.6 is 39.3 Å². The lowest BCUT2D eigenvalue weighted by Crippen LogP contribution is -2.08. The molecule has 0 atom stereocenters. The first-order valence-corrected chi connectivity index (χ1v) is 6.18. The van der Waals surface area contributed by atoms with Crippen molar-refractivity contribution in [1.29, 1.82) is 0 Å². The molecule has 0 spiro atoms. The molecule has 0 aliphatic rings. The van der Waals surface area contributed by atoms with Gasteiger partial charge in [-0.05, 0) is 22.0 Å². The molecule has 0 fully saturated rings. The average molecular weight is 321 g/mol. The van der Waals surface area contributed by atoms with E-state index < -0.39 is 11.7 Å². The molecule has 1 rings (SSSR count). The molecule has 0 amide bonds. The lowest BCUT2D eigenvalue weighted by atomic mass is 10.3. The highest BCUT2D eigenvalue weighted by molar-refractivity contribution is 9.10. The van der Waals surface area contributed by atoms with Crippen LogP contribution in [0.3, 0.4) is 0 Å². The standard InChI is InChI=1S/C8H6BrClF3NS/c9-5-3-6(8(11,12)13)7(14-4-5)15-2-1-10/h3-4H,1-2H2. The summed E-state index contributed by atoms with van der Waals surface area (Å²) in [5.41, 5.74) is -0.730. The molecular formula is C8H6BrClF3NS. The smallest absolute Gasteiger partial charge is 0.248 e. The minimum absolute atomic E-state index is 0.0358. The van der Waals surface area contributed by atoms with Gasteiger partial charge in [-0.3, -0.25) is 0 Å². The quantitative estimate of drug-likeness (QED) is 0.612. The van der Waals surface area contributed by atoms with Gasteiger partial charge in [0.1, 0.15) is 5.03 Å². The highest BCUT2D eigenvalue weighted by Crippen LogP contribution is 2.36. The molecule has 15 heavy (non-hydrogen) atoms. The summed E-state index contributed by atoms with van der Waals surface area (Å²) in [4.78, 5) is 3.72. The highest BCUT2D eigenvalue weighted by atomic mass is 79.9. The molecule has 0 N–H and O–H groups in total. The molecule has 1 heterocycles. The number of alkyl halides is 4. The van der Waals surface area contributed by atoms with Crippen molar-refractivity contribution in [3.8, 4) is 0 Å². The van der Waals surface area contributed by atoms with Gasteiger partial charge in [0.15, 0.2) is 0 Å². The van der Waals surface area contributed by atoms with Crippen molar-refractivity contribution in [3.05, 3.63) is 22.3 Å². The van der Waals surface area contributed by atoms with E-state index in [0.29, 0.717) is 16.1 Å². The summed E-state index contributed by atoms with van der Waals surface area (Å²) in [5, 5.41) is -0.0358. The Morgan fingerprint density at radius 1 is 1.47 bits per heavy atom. The molecule has 1 nitrogen and oxygen atoms in total.